The monoisotopic (exact) mass is 599 g/mol. The van der Waals surface area contributed by atoms with E-state index >= 15 is 0 Å². The third kappa shape index (κ3) is 7.29. The average molecular weight is 600 g/mol. The van der Waals surface area contributed by atoms with E-state index < -0.39 is 53.7 Å². The molecule has 11 nitrogen and oxygen atoms in total. The number of hydrogen-bond acceptors (Lipinski definition) is 6. The molecule has 4 fully saturated rings. The van der Waals surface area contributed by atoms with Gasteiger partial charge in [0, 0.05) is 19.0 Å². The molecule has 0 aromatic carbocycles. The second-order valence-electron chi connectivity index (χ2n) is 14.5. The lowest BCUT2D eigenvalue weighted by Crippen LogP contribution is -2.62. The van der Waals surface area contributed by atoms with Crippen LogP contribution in [0.15, 0.2) is 12.7 Å². The van der Waals surface area contributed by atoms with Gasteiger partial charge in [-0.2, -0.15) is 0 Å². The fourth-order valence-electron chi connectivity index (χ4n) is 7.07. The lowest BCUT2D eigenvalue weighted by Gasteiger charge is -2.38. The molecule has 3 aliphatic carbocycles. The first-order valence-electron chi connectivity index (χ1n) is 15.8. The van der Waals surface area contributed by atoms with Gasteiger partial charge in [-0.1, -0.05) is 60.0 Å². The van der Waals surface area contributed by atoms with Crippen LogP contribution in [-0.2, 0) is 24.0 Å². The van der Waals surface area contributed by atoms with Gasteiger partial charge < -0.3 is 26.2 Å². The molecule has 3 saturated carbocycles. The number of Topliss-reactive ketones (excluding diaryl/α,β-unsaturated/α-hetero) is 2. The lowest BCUT2D eigenvalue weighted by molar-refractivity contribution is -0.144. The van der Waals surface area contributed by atoms with Gasteiger partial charge in [0.05, 0.1) is 12.6 Å². The van der Waals surface area contributed by atoms with Crippen LogP contribution in [0.1, 0.15) is 79.6 Å². The third-order valence-electron chi connectivity index (χ3n) is 9.93. The molecule has 5 atom stereocenters. The first kappa shape index (κ1) is 32.7. The maximum Gasteiger partial charge on any atom is 0.316 e. The molecule has 0 aromatic rings. The van der Waals surface area contributed by atoms with Gasteiger partial charge in [0.2, 0.25) is 17.6 Å². The molecule has 43 heavy (non-hydrogen) atoms. The van der Waals surface area contributed by atoms with Crippen LogP contribution in [0.5, 0.6) is 0 Å². The largest absolute Gasteiger partial charge is 0.347 e. The summed E-state index contributed by atoms with van der Waals surface area (Å²) in [6.45, 7) is 13.1. The highest BCUT2D eigenvalue weighted by atomic mass is 16.2. The predicted molar refractivity (Wildman–Crippen MR) is 160 cm³/mol. The first-order chi connectivity index (χ1) is 20.2. The number of ketones is 2. The molecular weight excluding hydrogens is 550 g/mol. The van der Waals surface area contributed by atoms with Crippen LogP contribution in [-0.4, -0.2) is 78.0 Å². The summed E-state index contributed by atoms with van der Waals surface area (Å²) >= 11 is 0. The highest BCUT2D eigenvalue weighted by Crippen LogP contribution is 2.65. The van der Waals surface area contributed by atoms with Crippen LogP contribution in [0, 0.1) is 34.5 Å². The minimum Gasteiger partial charge on any atom is -0.347 e. The predicted octanol–water partition coefficient (Wildman–Crippen LogP) is 2.10. The maximum absolute atomic E-state index is 14.1. The van der Waals surface area contributed by atoms with E-state index in [1.54, 1.807) is 0 Å². The van der Waals surface area contributed by atoms with Crippen molar-refractivity contribution >= 4 is 35.3 Å². The summed E-state index contributed by atoms with van der Waals surface area (Å²) in [5, 5.41) is 10.8. The Kier molecular flexibility index (Phi) is 9.71. The second-order valence-corrected chi connectivity index (χ2v) is 14.5. The van der Waals surface area contributed by atoms with Crippen LogP contribution in [0.4, 0.5) is 4.79 Å². The van der Waals surface area contributed by atoms with Gasteiger partial charge in [-0.3, -0.25) is 24.0 Å². The summed E-state index contributed by atoms with van der Waals surface area (Å²) < 4.78 is 0. The first-order valence-corrected chi connectivity index (χ1v) is 15.8. The van der Waals surface area contributed by atoms with Crippen molar-refractivity contribution in [2.75, 3.05) is 19.6 Å². The highest BCUT2D eigenvalue weighted by molar-refractivity contribution is 6.37. The zero-order chi connectivity index (χ0) is 31.7. The van der Waals surface area contributed by atoms with Crippen molar-refractivity contribution in [2.24, 2.45) is 34.5 Å². The minimum absolute atomic E-state index is 0.00571. The molecule has 4 N–H and O–H groups in total. The molecule has 0 aromatic heterocycles. The standard InChI is InChI=1S/C32H49N5O6/c1-7-15-33-27(40)21(38)16-34-28(41)24-22-20(32(22,5)6)17-37(24)29(42)26(31(2,3)4)36-30(43)35-23(25(39)19-13-14-19)18-11-9-8-10-12-18/h7,18-20,22-24,26H,1,8-17H2,2-6H3,(H,33,40)(H,34,41)(H2,35,36,43)/t20-,22-,23-,24-,26+/m0/s1. The molecule has 238 valence electrons. The number of carbonyl (C=O) groups excluding carboxylic acids is 6. The highest BCUT2D eigenvalue weighted by Gasteiger charge is 2.69. The molecule has 1 heterocycles. The van der Waals surface area contributed by atoms with E-state index in [2.05, 4.69) is 27.8 Å². The summed E-state index contributed by atoms with van der Waals surface area (Å²) in [4.78, 5) is 79.9. The Morgan fingerprint density at radius 3 is 2.19 bits per heavy atom. The number of rotatable bonds is 12. The third-order valence-corrected chi connectivity index (χ3v) is 9.93. The van der Waals surface area contributed by atoms with Gasteiger partial charge in [0.1, 0.15) is 12.1 Å². The number of nitrogens with one attached hydrogen (secondary N) is 4. The van der Waals surface area contributed by atoms with Crippen molar-refractivity contribution in [1.82, 2.24) is 26.2 Å². The van der Waals surface area contributed by atoms with E-state index in [0.717, 1.165) is 44.9 Å². The number of nitrogens with zero attached hydrogens (tertiary/aromatic N) is 1. The van der Waals surface area contributed by atoms with E-state index in [1.807, 2.05) is 34.6 Å². The van der Waals surface area contributed by atoms with Crippen LogP contribution < -0.4 is 21.3 Å². The van der Waals surface area contributed by atoms with Crippen molar-refractivity contribution in [3.8, 4) is 0 Å². The van der Waals surface area contributed by atoms with Gasteiger partial charge in [0.15, 0.2) is 5.78 Å². The zero-order valence-corrected chi connectivity index (χ0v) is 26.3. The summed E-state index contributed by atoms with van der Waals surface area (Å²) in [5.74, 6) is -2.32. The molecular formula is C32H49N5O6. The van der Waals surface area contributed by atoms with Crippen LogP contribution in [0.3, 0.4) is 0 Å². The number of amides is 5. The van der Waals surface area contributed by atoms with Crippen molar-refractivity contribution in [3.63, 3.8) is 0 Å². The summed E-state index contributed by atoms with van der Waals surface area (Å²) in [6.07, 6.45) is 8.16. The molecule has 1 aliphatic heterocycles. The SMILES string of the molecule is C=CCNC(=O)C(=O)CNC(=O)[C@@H]1[C@@H]2[C@H](CN1C(=O)[C@@H](NC(=O)N[C@H](C(=O)C1CC1)C1CCCCC1)C(C)(C)C)C2(C)C. The number of piperidine rings is 1. The molecule has 0 unspecified atom stereocenters. The van der Waals surface area contributed by atoms with E-state index in [1.165, 1.54) is 11.0 Å². The van der Waals surface area contributed by atoms with Crippen molar-refractivity contribution < 1.29 is 28.8 Å². The molecule has 0 spiro atoms. The van der Waals surface area contributed by atoms with E-state index in [4.69, 9.17) is 0 Å². The van der Waals surface area contributed by atoms with Gasteiger partial charge in [-0.05, 0) is 54.3 Å². The van der Waals surface area contributed by atoms with Crippen LogP contribution in [0.2, 0.25) is 0 Å². The van der Waals surface area contributed by atoms with Crippen LogP contribution >= 0.6 is 0 Å². The number of urea groups is 1. The smallest absolute Gasteiger partial charge is 0.316 e. The Hall–Kier alpha value is -3.24. The van der Waals surface area contributed by atoms with Gasteiger partial charge in [0.25, 0.3) is 5.91 Å². The van der Waals surface area contributed by atoms with Crippen molar-refractivity contribution in [1.29, 1.82) is 0 Å². The zero-order valence-electron chi connectivity index (χ0n) is 26.3. The summed E-state index contributed by atoms with van der Waals surface area (Å²) in [5.41, 5.74) is -0.861. The van der Waals surface area contributed by atoms with Crippen molar-refractivity contribution in [3.05, 3.63) is 12.7 Å². The molecule has 0 radical (unpaired) electrons. The molecule has 5 amide bonds. The Morgan fingerprint density at radius 2 is 1.60 bits per heavy atom. The summed E-state index contributed by atoms with van der Waals surface area (Å²) in [6, 6.07) is -2.92. The molecule has 4 rings (SSSR count). The Balaban J connectivity index is 1.46. The lowest BCUT2D eigenvalue weighted by atomic mass is 9.81. The number of carbonyl (C=O) groups is 6. The Bertz CT molecular complexity index is 1150. The van der Waals surface area contributed by atoms with Gasteiger partial charge >= 0.3 is 6.03 Å². The van der Waals surface area contributed by atoms with Crippen LogP contribution in [0.25, 0.3) is 0 Å². The van der Waals surface area contributed by atoms with E-state index in [9.17, 15) is 28.8 Å². The van der Waals surface area contributed by atoms with Crippen molar-refractivity contribution in [2.45, 2.75) is 97.7 Å². The Morgan fingerprint density at radius 1 is 0.953 bits per heavy atom. The second kappa shape index (κ2) is 12.8. The van der Waals surface area contributed by atoms with Gasteiger partial charge in [-0.15, -0.1) is 6.58 Å². The molecule has 0 bridgehead atoms. The molecule has 4 aliphatic rings. The Labute approximate surface area is 254 Å². The number of hydrogen-bond donors (Lipinski definition) is 4. The quantitative estimate of drug-likeness (QED) is 0.199. The number of fused-ring (bicyclic) bond motifs is 1. The maximum atomic E-state index is 14.1. The number of likely N-dealkylation sites (tertiary alicyclic amines) is 1. The van der Waals surface area contributed by atoms with E-state index in [0.29, 0.717) is 6.54 Å². The summed E-state index contributed by atoms with van der Waals surface area (Å²) in [7, 11) is 0. The van der Waals surface area contributed by atoms with Gasteiger partial charge in [-0.25, -0.2) is 4.79 Å². The topological polar surface area (TPSA) is 154 Å². The molecule has 1 saturated heterocycles. The molecule has 11 heteroatoms. The average Bonchev–Trinajstić information content (AvgIpc) is 3.84. The minimum atomic E-state index is -0.960. The fraction of sp³-hybridized carbons (Fsp3) is 0.750. The van der Waals surface area contributed by atoms with E-state index in [-0.39, 0.29) is 47.3 Å². The normalized spacial score (nSPS) is 25.9. The fourth-order valence-corrected chi connectivity index (χ4v) is 7.07.